The molecule has 0 unspecified atom stereocenters. The number of amides is 1. The van der Waals surface area contributed by atoms with Gasteiger partial charge in [-0.1, -0.05) is 18.2 Å². The molecule has 4 rings (SSSR count). The van der Waals surface area contributed by atoms with Crippen LogP contribution in [-0.2, 0) is 18.3 Å². The van der Waals surface area contributed by atoms with E-state index in [-0.39, 0.29) is 12.3 Å². The zero-order valence-corrected chi connectivity index (χ0v) is 15.7. The first-order chi connectivity index (χ1) is 13.7. The third-order valence-electron chi connectivity index (χ3n) is 4.78. The highest BCUT2D eigenvalue weighted by molar-refractivity contribution is 5.91. The smallest absolute Gasteiger partial charge is 0.232 e. The number of aryl methyl sites for hydroxylation is 1. The van der Waals surface area contributed by atoms with Gasteiger partial charge in [0.2, 0.25) is 5.91 Å². The highest BCUT2D eigenvalue weighted by Crippen LogP contribution is 2.20. The normalized spacial score (nSPS) is 14.2. The zero-order chi connectivity index (χ0) is 19.3. The van der Waals surface area contributed by atoms with Crippen molar-refractivity contribution in [2.24, 2.45) is 7.05 Å². The Bertz CT molecular complexity index is 917. The number of rotatable bonds is 5. The first-order valence-corrected chi connectivity index (χ1v) is 9.21. The second-order valence-electron chi connectivity index (χ2n) is 6.66. The molecule has 1 amide bonds. The Labute approximate surface area is 163 Å². The molecule has 0 saturated carbocycles. The molecule has 0 spiro atoms. The fraction of sp³-hybridized carbons (Fsp3) is 0.316. The predicted octanol–water partition coefficient (Wildman–Crippen LogP) is 1.11. The number of nitrogens with zero attached hydrogens (tertiary/aromatic N) is 7. The molecule has 1 aromatic carbocycles. The molecule has 0 aliphatic carbocycles. The average Bonchev–Trinajstić information content (AvgIpc) is 3.14. The van der Waals surface area contributed by atoms with Crippen molar-refractivity contribution in [2.75, 3.05) is 41.3 Å². The van der Waals surface area contributed by atoms with E-state index in [9.17, 15) is 4.79 Å². The summed E-state index contributed by atoms with van der Waals surface area (Å²) in [5.74, 6) is 1.26. The van der Waals surface area contributed by atoms with Crippen molar-refractivity contribution in [2.45, 2.75) is 6.42 Å². The molecule has 9 nitrogen and oxygen atoms in total. The summed E-state index contributed by atoms with van der Waals surface area (Å²) in [7, 11) is 1.70. The summed E-state index contributed by atoms with van der Waals surface area (Å²) in [5.41, 5.74) is 1.91. The van der Waals surface area contributed by atoms with Crippen molar-refractivity contribution in [1.29, 1.82) is 0 Å². The average molecular weight is 378 g/mol. The predicted molar refractivity (Wildman–Crippen MR) is 106 cm³/mol. The largest absolute Gasteiger partial charge is 0.368 e. The number of tetrazole rings is 1. The minimum Gasteiger partial charge on any atom is -0.368 e. The van der Waals surface area contributed by atoms with E-state index >= 15 is 0 Å². The summed E-state index contributed by atoms with van der Waals surface area (Å²) in [6.45, 7) is 3.73. The van der Waals surface area contributed by atoms with Gasteiger partial charge in [0.15, 0.2) is 5.82 Å². The Kier molecular flexibility index (Phi) is 5.14. The molecule has 3 aromatic rings. The van der Waals surface area contributed by atoms with E-state index in [2.05, 4.69) is 59.9 Å². The second kappa shape index (κ2) is 8.03. The summed E-state index contributed by atoms with van der Waals surface area (Å²) in [6.07, 6.45) is 1.80. The van der Waals surface area contributed by atoms with Crippen molar-refractivity contribution in [3.63, 3.8) is 0 Å². The number of para-hydroxylation sites is 1. The maximum absolute atomic E-state index is 12.1. The molecule has 1 fully saturated rings. The van der Waals surface area contributed by atoms with Crippen molar-refractivity contribution in [3.05, 3.63) is 54.5 Å². The maximum Gasteiger partial charge on any atom is 0.232 e. The summed E-state index contributed by atoms with van der Waals surface area (Å²) < 4.78 is 1.48. The highest BCUT2D eigenvalue weighted by atomic mass is 16.1. The van der Waals surface area contributed by atoms with E-state index in [0.717, 1.165) is 32.0 Å². The van der Waals surface area contributed by atoms with Crippen LogP contribution in [-0.4, -0.2) is 57.3 Å². The minimum atomic E-state index is -0.177. The summed E-state index contributed by atoms with van der Waals surface area (Å²) in [4.78, 5) is 21.3. The number of nitrogens with one attached hydrogen (secondary N) is 1. The number of benzene rings is 1. The quantitative estimate of drug-likeness (QED) is 0.711. The molecule has 9 heteroatoms. The van der Waals surface area contributed by atoms with Gasteiger partial charge in [0.05, 0.1) is 18.3 Å². The molecule has 0 atom stereocenters. The lowest BCUT2D eigenvalue weighted by Crippen LogP contribution is -2.46. The molecular weight excluding hydrogens is 356 g/mol. The van der Waals surface area contributed by atoms with Gasteiger partial charge in [-0.3, -0.25) is 4.79 Å². The van der Waals surface area contributed by atoms with E-state index in [4.69, 9.17) is 0 Å². The van der Waals surface area contributed by atoms with Crippen LogP contribution in [0.5, 0.6) is 0 Å². The fourth-order valence-electron chi connectivity index (χ4n) is 3.23. The fourth-order valence-corrected chi connectivity index (χ4v) is 3.23. The molecular formula is C19H22N8O. The van der Waals surface area contributed by atoms with Gasteiger partial charge < -0.3 is 15.1 Å². The topological polar surface area (TPSA) is 92.1 Å². The molecule has 144 valence electrons. The first-order valence-electron chi connectivity index (χ1n) is 9.21. The molecule has 0 radical (unpaired) electrons. The van der Waals surface area contributed by atoms with Gasteiger partial charge in [0, 0.05) is 38.9 Å². The van der Waals surface area contributed by atoms with E-state index < -0.39 is 0 Å². The third-order valence-corrected chi connectivity index (χ3v) is 4.78. The van der Waals surface area contributed by atoms with E-state index in [1.165, 1.54) is 10.4 Å². The maximum atomic E-state index is 12.1. The SMILES string of the molecule is Cn1nnnc1CC(=O)Nc1ccc(N2CCN(c3ccccc3)CC2)nc1. The van der Waals surface area contributed by atoms with Gasteiger partial charge in [-0.15, -0.1) is 5.10 Å². The molecule has 2 aromatic heterocycles. The van der Waals surface area contributed by atoms with Gasteiger partial charge in [-0.25, -0.2) is 9.67 Å². The molecule has 0 bridgehead atoms. The van der Waals surface area contributed by atoms with Gasteiger partial charge in [0.25, 0.3) is 0 Å². The van der Waals surface area contributed by atoms with Crippen LogP contribution in [0.3, 0.4) is 0 Å². The van der Waals surface area contributed by atoms with Gasteiger partial charge in [-0.05, 0) is 34.7 Å². The van der Waals surface area contributed by atoms with Crippen LogP contribution in [0.25, 0.3) is 0 Å². The van der Waals surface area contributed by atoms with Crippen LogP contribution in [0.2, 0.25) is 0 Å². The number of hydrogen-bond donors (Lipinski definition) is 1. The minimum absolute atomic E-state index is 0.118. The molecule has 1 aliphatic heterocycles. The lowest BCUT2D eigenvalue weighted by molar-refractivity contribution is -0.115. The van der Waals surface area contributed by atoms with Crippen LogP contribution >= 0.6 is 0 Å². The molecule has 1 aliphatic rings. The van der Waals surface area contributed by atoms with Crippen LogP contribution < -0.4 is 15.1 Å². The number of hydrogen-bond acceptors (Lipinski definition) is 7. The van der Waals surface area contributed by atoms with Gasteiger partial charge in [-0.2, -0.15) is 0 Å². The van der Waals surface area contributed by atoms with Crippen LogP contribution in [0.1, 0.15) is 5.82 Å². The monoisotopic (exact) mass is 378 g/mol. The Morgan fingerprint density at radius 1 is 1.04 bits per heavy atom. The lowest BCUT2D eigenvalue weighted by Gasteiger charge is -2.36. The number of piperazine rings is 1. The summed E-state index contributed by atoms with van der Waals surface area (Å²) >= 11 is 0. The number of aromatic nitrogens is 5. The Morgan fingerprint density at radius 2 is 1.79 bits per heavy atom. The van der Waals surface area contributed by atoms with Crippen molar-refractivity contribution in [3.8, 4) is 0 Å². The van der Waals surface area contributed by atoms with E-state index in [1.807, 2.05) is 18.2 Å². The van der Waals surface area contributed by atoms with Crippen LogP contribution in [0, 0.1) is 0 Å². The van der Waals surface area contributed by atoms with Gasteiger partial charge >= 0.3 is 0 Å². The van der Waals surface area contributed by atoms with Crippen LogP contribution in [0.15, 0.2) is 48.7 Å². The van der Waals surface area contributed by atoms with Crippen molar-refractivity contribution < 1.29 is 4.79 Å². The van der Waals surface area contributed by atoms with Crippen LogP contribution in [0.4, 0.5) is 17.2 Å². The number of carbonyl (C=O) groups is 1. The van der Waals surface area contributed by atoms with Crippen molar-refractivity contribution in [1.82, 2.24) is 25.2 Å². The lowest BCUT2D eigenvalue weighted by atomic mass is 10.2. The standard InChI is InChI=1S/C19H22N8O/c1-25-18(22-23-24-25)13-19(28)21-15-7-8-17(20-14-15)27-11-9-26(10-12-27)16-5-3-2-4-6-16/h2-8,14H,9-13H2,1H3,(H,21,28). The molecule has 28 heavy (non-hydrogen) atoms. The van der Waals surface area contributed by atoms with E-state index in [0.29, 0.717) is 11.5 Å². The number of pyridine rings is 1. The second-order valence-corrected chi connectivity index (χ2v) is 6.66. The zero-order valence-electron chi connectivity index (χ0n) is 15.7. The summed E-state index contributed by atoms with van der Waals surface area (Å²) in [5, 5.41) is 13.9. The summed E-state index contributed by atoms with van der Waals surface area (Å²) in [6, 6.07) is 14.3. The first kappa shape index (κ1) is 17.9. The van der Waals surface area contributed by atoms with E-state index in [1.54, 1.807) is 13.2 Å². The van der Waals surface area contributed by atoms with Gasteiger partial charge in [0.1, 0.15) is 5.82 Å². The Morgan fingerprint density at radius 3 is 2.43 bits per heavy atom. The molecule has 3 heterocycles. The number of carbonyl (C=O) groups excluding carboxylic acids is 1. The molecule has 1 saturated heterocycles. The Hall–Kier alpha value is -3.49. The molecule has 1 N–H and O–H groups in total. The third kappa shape index (κ3) is 4.08. The van der Waals surface area contributed by atoms with Crippen molar-refractivity contribution >= 4 is 23.1 Å². The number of anilines is 3. The Balaban J connectivity index is 1.31. The highest BCUT2D eigenvalue weighted by Gasteiger charge is 2.18.